The summed E-state index contributed by atoms with van der Waals surface area (Å²) in [5.74, 6) is -0.989. The first-order valence-electron chi connectivity index (χ1n) is 6.70. The van der Waals surface area contributed by atoms with E-state index in [9.17, 15) is 18.3 Å². The maximum atomic E-state index is 12.5. The van der Waals surface area contributed by atoms with Crippen LogP contribution >= 0.6 is 0 Å². The van der Waals surface area contributed by atoms with E-state index in [0.717, 1.165) is 6.92 Å². The van der Waals surface area contributed by atoms with Crippen molar-refractivity contribution in [2.75, 3.05) is 13.7 Å². The predicted molar refractivity (Wildman–Crippen MR) is 83.9 cm³/mol. The first-order chi connectivity index (χ1) is 10.7. The van der Waals surface area contributed by atoms with Gasteiger partial charge in [-0.1, -0.05) is 24.3 Å². The van der Waals surface area contributed by atoms with E-state index in [-0.39, 0.29) is 4.90 Å². The van der Waals surface area contributed by atoms with Gasteiger partial charge >= 0.3 is 5.97 Å². The van der Waals surface area contributed by atoms with Gasteiger partial charge in [0.1, 0.15) is 5.75 Å². The maximum Gasteiger partial charge on any atom is 0.336 e. The van der Waals surface area contributed by atoms with E-state index in [4.69, 9.17) is 9.84 Å². The number of methoxy groups -OCH3 is 1. The lowest BCUT2D eigenvalue weighted by atomic mass is 10.1. The average molecular weight is 339 g/mol. The average Bonchev–Trinajstić information content (AvgIpc) is 2.52. The molecule has 8 heteroatoms. The molecule has 2 rings (SSSR count). The number of carbonyl (C=O) groups is 1. The van der Waals surface area contributed by atoms with Crippen molar-refractivity contribution in [1.29, 1.82) is 0 Å². The van der Waals surface area contributed by atoms with Crippen molar-refractivity contribution in [3.05, 3.63) is 36.4 Å². The first-order valence-corrected chi connectivity index (χ1v) is 8.18. The molecule has 0 aliphatic carbocycles. The molecule has 1 unspecified atom stereocenters. The van der Waals surface area contributed by atoms with Crippen LogP contribution in [0.5, 0.6) is 5.75 Å². The molecule has 0 aliphatic rings. The van der Waals surface area contributed by atoms with Gasteiger partial charge in [-0.25, -0.2) is 17.9 Å². The van der Waals surface area contributed by atoms with Crippen molar-refractivity contribution in [2.24, 2.45) is 0 Å². The van der Waals surface area contributed by atoms with Crippen LogP contribution in [0.1, 0.15) is 6.92 Å². The quantitative estimate of drug-likeness (QED) is 0.722. The van der Waals surface area contributed by atoms with E-state index in [1.807, 2.05) is 0 Å². The van der Waals surface area contributed by atoms with Crippen molar-refractivity contribution >= 4 is 26.8 Å². The fourth-order valence-corrected chi connectivity index (χ4v) is 3.39. The lowest BCUT2D eigenvalue weighted by Gasteiger charge is -2.19. The number of carboxylic acids is 1. The molecule has 3 N–H and O–H groups in total. The molecule has 2 aromatic rings. The van der Waals surface area contributed by atoms with Crippen LogP contribution in [0.4, 0.5) is 0 Å². The first kappa shape index (κ1) is 17.2. The van der Waals surface area contributed by atoms with Crippen LogP contribution in [-0.2, 0) is 14.8 Å². The van der Waals surface area contributed by atoms with Crippen molar-refractivity contribution in [3.63, 3.8) is 0 Å². The third-order valence-electron chi connectivity index (χ3n) is 3.42. The summed E-state index contributed by atoms with van der Waals surface area (Å²) in [6.07, 6.45) is 0. The lowest BCUT2D eigenvalue weighted by Crippen LogP contribution is -2.46. The summed E-state index contributed by atoms with van der Waals surface area (Å²) in [4.78, 5) is 10.9. The number of rotatable bonds is 6. The highest BCUT2D eigenvalue weighted by atomic mass is 32.2. The molecule has 0 saturated heterocycles. The molecular weight excluding hydrogens is 322 g/mol. The smallest absolute Gasteiger partial charge is 0.336 e. The number of fused-ring (bicyclic) bond motifs is 1. The van der Waals surface area contributed by atoms with Gasteiger partial charge in [0, 0.05) is 10.8 Å². The van der Waals surface area contributed by atoms with Crippen LogP contribution in [-0.4, -0.2) is 43.9 Å². The second-order valence-electron chi connectivity index (χ2n) is 5.22. The van der Waals surface area contributed by atoms with E-state index in [1.165, 1.54) is 19.2 Å². The Bertz CT molecular complexity index is 844. The number of ether oxygens (including phenoxy) is 1. The minimum atomic E-state index is -4.01. The Hall–Kier alpha value is -2.16. The number of nitrogens with one attached hydrogen (secondary N) is 1. The fraction of sp³-hybridized carbons (Fsp3) is 0.267. The van der Waals surface area contributed by atoms with Crippen LogP contribution in [0.15, 0.2) is 41.3 Å². The molecule has 0 amide bonds. The van der Waals surface area contributed by atoms with Crippen LogP contribution in [0.25, 0.3) is 10.8 Å². The Morgan fingerprint density at radius 1 is 1.22 bits per heavy atom. The number of carboxylic acid groups (broad SMARTS) is 1. The molecule has 0 aliphatic heterocycles. The van der Waals surface area contributed by atoms with E-state index < -0.39 is 28.1 Å². The van der Waals surface area contributed by atoms with E-state index in [0.29, 0.717) is 16.5 Å². The van der Waals surface area contributed by atoms with Crippen LogP contribution < -0.4 is 9.46 Å². The lowest BCUT2D eigenvalue weighted by molar-refractivity contribution is -0.155. The van der Waals surface area contributed by atoms with Gasteiger partial charge in [0.05, 0.1) is 18.6 Å². The highest BCUT2D eigenvalue weighted by Gasteiger charge is 2.32. The summed E-state index contributed by atoms with van der Waals surface area (Å²) >= 11 is 0. The van der Waals surface area contributed by atoms with Crippen molar-refractivity contribution in [3.8, 4) is 5.75 Å². The molecule has 0 aromatic heterocycles. The van der Waals surface area contributed by atoms with Crippen LogP contribution in [0, 0.1) is 0 Å². The van der Waals surface area contributed by atoms with Crippen LogP contribution in [0.3, 0.4) is 0 Å². The van der Waals surface area contributed by atoms with Gasteiger partial charge in [0.25, 0.3) is 0 Å². The Morgan fingerprint density at radius 3 is 2.39 bits per heavy atom. The molecule has 0 fully saturated rings. The second kappa shape index (κ2) is 6.15. The van der Waals surface area contributed by atoms with Gasteiger partial charge < -0.3 is 14.9 Å². The third kappa shape index (κ3) is 3.44. The van der Waals surface area contributed by atoms with Gasteiger partial charge in [-0.2, -0.15) is 0 Å². The zero-order valence-corrected chi connectivity index (χ0v) is 13.4. The van der Waals surface area contributed by atoms with Gasteiger partial charge in [-0.3, -0.25) is 0 Å². The molecular formula is C15H17NO6S. The summed E-state index contributed by atoms with van der Waals surface area (Å²) < 4.78 is 32.3. The number of aliphatic carboxylic acids is 1. The second-order valence-corrected chi connectivity index (χ2v) is 6.95. The summed E-state index contributed by atoms with van der Waals surface area (Å²) in [7, 11) is -2.52. The highest BCUT2D eigenvalue weighted by Crippen LogP contribution is 2.30. The molecule has 2 aromatic carbocycles. The van der Waals surface area contributed by atoms with Gasteiger partial charge in [-0.05, 0) is 19.1 Å². The number of sulfonamides is 1. The number of hydrogen-bond donors (Lipinski definition) is 3. The predicted octanol–water partition coefficient (Wildman–Crippen LogP) is 0.962. The molecule has 124 valence electrons. The Morgan fingerprint density at radius 2 is 1.83 bits per heavy atom. The summed E-state index contributed by atoms with van der Waals surface area (Å²) in [6, 6.07) is 9.69. The number of hydrogen-bond acceptors (Lipinski definition) is 5. The molecule has 1 atom stereocenters. The third-order valence-corrected chi connectivity index (χ3v) is 4.88. The number of aliphatic hydroxyl groups is 1. The van der Waals surface area contributed by atoms with Crippen molar-refractivity contribution in [1.82, 2.24) is 4.72 Å². The van der Waals surface area contributed by atoms with Crippen molar-refractivity contribution < 1.29 is 28.2 Å². The molecule has 7 nitrogen and oxygen atoms in total. The monoisotopic (exact) mass is 339 g/mol. The number of benzene rings is 2. The van der Waals surface area contributed by atoms with Gasteiger partial charge in [0.2, 0.25) is 10.0 Å². The molecule has 0 saturated carbocycles. The zero-order chi connectivity index (χ0) is 17.3. The molecule has 0 spiro atoms. The SMILES string of the molecule is COc1ccc(S(=O)(=O)NCC(C)(O)C(=O)O)c2ccccc12. The Kier molecular flexibility index (Phi) is 4.60. The van der Waals surface area contributed by atoms with E-state index in [1.54, 1.807) is 24.3 Å². The maximum absolute atomic E-state index is 12.5. The molecule has 0 radical (unpaired) electrons. The molecule has 0 bridgehead atoms. The van der Waals surface area contributed by atoms with Gasteiger partial charge in [-0.15, -0.1) is 0 Å². The normalized spacial score (nSPS) is 14.4. The largest absolute Gasteiger partial charge is 0.496 e. The highest BCUT2D eigenvalue weighted by molar-refractivity contribution is 7.89. The van der Waals surface area contributed by atoms with E-state index in [2.05, 4.69) is 4.72 Å². The standard InChI is InChI=1S/C15H17NO6S/c1-15(19,14(17)18)9-16-23(20,21)13-8-7-12(22-2)10-5-3-4-6-11(10)13/h3-8,16,19H,9H2,1-2H3,(H,17,18). The fourth-order valence-electron chi connectivity index (χ4n) is 2.05. The summed E-state index contributed by atoms with van der Waals surface area (Å²) in [5.41, 5.74) is -2.20. The van der Waals surface area contributed by atoms with E-state index >= 15 is 0 Å². The Labute approximate surface area is 133 Å². The summed E-state index contributed by atoms with van der Waals surface area (Å²) in [6.45, 7) is 0.370. The van der Waals surface area contributed by atoms with Crippen molar-refractivity contribution in [2.45, 2.75) is 17.4 Å². The Balaban J connectivity index is 2.45. The molecule has 0 heterocycles. The zero-order valence-electron chi connectivity index (χ0n) is 12.6. The minimum Gasteiger partial charge on any atom is -0.496 e. The van der Waals surface area contributed by atoms with Crippen LogP contribution in [0.2, 0.25) is 0 Å². The molecule has 23 heavy (non-hydrogen) atoms. The van der Waals surface area contributed by atoms with Gasteiger partial charge in [0.15, 0.2) is 5.60 Å². The minimum absolute atomic E-state index is 0.0184. The summed E-state index contributed by atoms with van der Waals surface area (Å²) in [5, 5.41) is 19.6. The topological polar surface area (TPSA) is 113 Å².